The first-order valence-corrected chi connectivity index (χ1v) is 6.39. The lowest BCUT2D eigenvalue weighted by molar-refractivity contribution is -0.153. The summed E-state index contributed by atoms with van der Waals surface area (Å²) in [4.78, 5) is 0. The van der Waals surface area contributed by atoms with Crippen molar-refractivity contribution in [3.05, 3.63) is 0 Å². The molecule has 2 nitrogen and oxygen atoms in total. The Morgan fingerprint density at radius 1 is 1.40 bits per heavy atom. The summed E-state index contributed by atoms with van der Waals surface area (Å²) in [5.41, 5.74) is 6.69. The number of rotatable bonds is 2. The molecule has 2 heteroatoms. The molecule has 1 saturated heterocycles. The summed E-state index contributed by atoms with van der Waals surface area (Å²) < 4.78 is 5.95. The Labute approximate surface area is 93.6 Å². The first kappa shape index (κ1) is 11.4. The summed E-state index contributed by atoms with van der Waals surface area (Å²) in [5, 5.41) is 0. The highest BCUT2D eigenvalue weighted by Crippen LogP contribution is 2.47. The van der Waals surface area contributed by atoms with Crippen molar-refractivity contribution in [2.45, 2.75) is 64.0 Å². The van der Waals surface area contributed by atoms with Gasteiger partial charge in [-0.15, -0.1) is 0 Å². The molecule has 0 amide bonds. The minimum Gasteiger partial charge on any atom is -0.375 e. The van der Waals surface area contributed by atoms with E-state index in [1.807, 2.05) is 0 Å². The van der Waals surface area contributed by atoms with Crippen LogP contribution in [0.25, 0.3) is 0 Å². The summed E-state index contributed by atoms with van der Waals surface area (Å²) in [6.45, 7) is 7.62. The molecular formula is C13H25NO. The summed E-state index contributed by atoms with van der Waals surface area (Å²) in [6.07, 6.45) is 6.20. The van der Waals surface area contributed by atoms with Crippen LogP contribution in [0.2, 0.25) is 0 Å². The van der Waals surface area contributed by atoms with Crippen molar-refractivity contribution in [2.75, 3.05) is 6.61 Å². The lowest BCUT2D eigenvalue weighted by Crippen LogP contribution is -2.56. The molecule has 1 heterocycles. The Kier molecular flexibility index (Phi) is 2.85. The standard InChI is InChI=1S/C13H25NO/c1-10(2)12(3,14)11-5-8-15-13(9-11)6-4-7-13/h10-11H,4-9,14H2,1-3H3. The van der Waals surface area contributed by atoms with Crippen molar-refractivity contribution in [2.24, 2.45) is 17.6 Å². The smallest absolute Gasteiger partial charge is 0.0686 e. The Hall–Kier alpha value is -0.0800. The molecule has 15 heavy (non-hydrogen) atoms. The van der Waals surface area contributed by atoms with E-state index < -0.39 is 0 Å². The molecule has 0 aromatic carbocycles. The SMILES string of the molecule is CC(C)C(C)(N)C1CCOC2(CCC2)C1. The minimum absolute atomic E-state index is 0.0215. The van der Waals surface area contributed by atoms with Gasteiger partial charge in [0.15, 0.2) is 0 Å². The molecule has 1 saturated carbocycles. The highest BCUT2D eigenvalue weighted by Gasteiger charge is 2.47. The van der Waals surface area contributed by atoms with E-state index in [1.165, 1.54) is 25.7 Å². The van der Waals surface area contributed by atoms with Gasteiger partial charge in [-0.1, -0.05) is 13.8 Å². The Bertz CT molecular complexity index is 231. The average molecular weight is 211 g/mol. The molecule has 88 valence electrons. The summed E-state index contributed by atoms with van der Waals surface area (Å²) in [6, 6.07) is 0. The van der Waals surface area contributed by atoms with Gasteiger partial charge in [0.1, 0.15) is 0 Å². The minimum atomic E-state index is -0.0215. The van der Waals surface area contributed by atoms with Crippen LogP contribution >= 0.6 is 0 Å². The van der Waals surface area contributed by atoms with Crippen LogP contribution < -0.4 is 5.73 Å². The van der Waals surface area contributed by atoms with Crippen molar-refractivity contribution < 1.29 is 4.74 Å². The molecule has 1 aliphatic carbocycles. The Balaban J connectivity index is 2.03. The van der Waals surface area contributed by atoms with E-state index in [1.54, 1.807) is 0 Å². The topological polar surface area (TPSA) is 35.2 Å². The van der Waals surface area contributed by atoms with E-state index in [0.717, 1.165) is 13.0 Å². The second-order valence-electron chi connectivity index (χ2n) is 6.10. The zero-order valence-electron chi connectivity index (χ0n) is 10.4. The van der Waals surface area contributed by atoms with Gasteiger partial charge in [-0.3, -0.25) is 0 Å². The highest BCUT2D eigenvalue weighted by molar-refractivity contribution is 5.00. The first-order chi connectivity index (χ1) is 6.96. The maximum absolute atomic E-state index is 6.48. The monoisotopic (exact) mass is 211 g/mol. The normalized spacial score (nSPS) is 33.8. The summed E-state index contributed by atoms with van der Waals surface area (Å²) >= 11 is 0. The van der Waals surface area contributed by atoms with E-state index in [9.17, 15) is 0 Å². The van der Waals surface area contributed by atoms with Gasteiger partial charge < -0.3 is 10.5 Å². The Morgan fingerprint density at radius 2 is 2.07 bits per heavy atom. The molecule has 2 aliphatic rings. The molecule has 2 unspecified atom stereocenters. The van der Waals surface area contributed by atoms with Crippen LogP contribution in [0.15, 0.2) is 0 Å². The van der Waals surface area contributed by atoms with Gasteiger partial charge in [-0.25, -0.2) is 0 Å². The number of nitrogens with two attached hydrogens (primary N) is 1. The fraction of sp³-hybridized carbons (Fsp3) is 1.00. The quantitative estimate of drug-likeness (QED) is 0.762. The number of hydrogen-bond donors (Lipinski definition) is 1. The van der Waals surface area contributed by atoms with Gasteiger partial charge >= 0.3 is 0 Å². The molecule has 2 N–H and O–H groups in total. The van der Waals surface area contributed by atoms with Gasteiger partial charge in [0.25, 0.3) is 0 Å². The second-order valence-corrected chi connectivity index (χ2v) is 6.10. The fourth-order valence-electron chi connectivity index (χ4n) is 2.95. The molecule has 0 radical (unpaired) electrons. The zero-order chi connectivity index (χ0) is 11.1. The lowest BCUT2D eigenvalue weighted by Gasteiger charge is -2.51. The van der Waals surface area contributed by atoms with Gasteiger partial charge in [0.05, 0.1) is 5.60 Å². The van der Waals surface area contributed by atoms with Crippen LogP contribution in [-0.2, 0) is 4.74 Å². The molecule has 0 aromatic rings. The van der Waals surface area contributed by atoms with E-state index in [-0.39, 0.29) is 11.1 Å². The largest absolute Gasteiger partial charge is 0.375 e. The Morgan fingerprint density at radius 3 is 2.53 bits per heavy atom. The predicted molar refractivity (Wildman–Crippen MR) is 62.7 cm³/mol. The molecule has 0 bridgehead atoms. The second kappa shape index (κ2) is 3.74. The molecule has 2 atom stereocenters. The summed E-state index contributed by atoms with van der Waals surface area (Å²) in [7, 11) is 0. The molecular weight excluding hydrogens is 186 g/mol. The van der Waals surface area contributed by atoms with Gasteiger partial charge in [0, 0.05) is 12.1 Å². The predicted octanol–water partition coefficient (Wildman–Crippen LogP) is 2.71. The van der Waals surface area contributed by atoms with Crippen LogP contribution in [0.5, 0.6) is 0 Å². The number of hydrogen-bond acceptors (Lipinski definition) is 2. The van der Waals surface area contributed by atoms with Crippen molar-refractivity contribution in [3.8, 4) is 0 Å². The van der Waals surface area contributed by atoms with Crippen LogP contribution in [0.3, 0.4) is 0 Å². The fourth-order valence-corrected chi connectivity index (χ4v) is 2.95. The third-order valence-corrected chi connectivity index (χ3v) is 4.88. The van der Waals surface area contributed by atoms with Gasteiger partial charge in [-0.2, -0.15) is 0 Å². The van der Waals surface area contributed by atoms with Crippen molar-refractivity contribution in [1.82, 2.24) is 0 Å². The van der Waals surface area contributed by atoms with Crippen molar-refractivity contribution in [3.63, 3.8) is 0 Å². The zero-order valence-corrected chi connectivity index (χ0v) is 10.4. The third-order valence-electron chi connectivity index (χ3n) is 4.88. The van der Waals surface area contributed by atoms with E-state index >= 15 is 0 Å². The molecule has 0 aromatic heterocycles. The maximum atomic E-state index is 6.48. The van der Waals surface area contributed by atoms with Crippen LogP contribution in [-0.4, -0.2) is 17.7 Å². The maximum Gasteiger partial charge on any atom is 0.0686 e. The van der Waals surface area contributed by atoms with E-state index in [0.29, 0.717) is 11.8 Å². The highest BCUT2D eigenvalue weighted by atomic mass is 16.5. The van der Waals surface area contributed by atoms with Gasteiger partial charge in [-0.05, 0) is 50.9 Å². The van der Waals surface area contributed by atoms with Crippen LogP contribution in [0.1, 0.15) is 52.9 Å². The summed E-state index contributed by atoms with van der Waals surface area (Å²) in [5.74, 6) is 1.20. The molecule has 2 rings (SSSR count). The van der Waals surface area contributed by atoms with E-state index in [2.05, 4.69) is 20.8 Å². The van der Waals surface area contributed by atoms with Crippen LogP contribution in [0.4, 0.5) is 0 Å². The molecule has 1 spiro atoms. The molecule has 1 aliphatic heterocycles. The van der Waals surface area contributed by atoms with Crippen molar-refractivity contribution in [1.29, 1.82) is 0 Å². The number of ether oxygens (including phenoxy) is 1. The molecule has 2 fully saturated rings. The van der Waals surface area contributed by atoms with E-state index in [4.69, 9.17) is 10.5 Å². The third kappa shape index (κ3) is 1.94. The van der Waals surface area contributed by atoms with Crippen LogP contribution in [0, 0.1) is 11.8 Å². The van der Waals surface area contributed by atoms with Gasteiger partial charge in [0.2, 0.25) is 0 Å². The lowest BCUT2D eigenvalue weighted by atomic mass is 9.65. The van der Waals surface area contributed by atoms with Crippen molar-refractivity contribution >= 4 is 0 Å². The average Bonchev–Trinajstić information content (AvgIpc) is 2.15. The first-order valence-electron chi connectivity index (χ1n) is 6.39.